The third kappa shape index (κ3) is 3.29. The van der Waals surface area contributed by atoms with E-state index in [-0.39, 0.29) is 22.4 Å². The zero-order valence-corrected chi connectivity index (χ0v) is 10.9. The van der Waals surface area contributed by atoms with Crippen molar-refractivity contribution in [1.82, 2.24) is 0 Å². The third-order valence-electron chi connectivity index (χ3n) is 2.28. The minimum absolute atomic E-state index is 0.0875. The SMILES string of the molecule is Cc1ccc(C(O)C(F)(F)F)c(OC(C)C)c1Cl. The molecule has 1 unspecified atom stereocenters. The third-order valence-corrected chi connectivity index (χ3v) is 2.75. The topological polar surface area (TPSA) is 29.5 Å². The Labute approximate surface area is 108 Å². The number of alkyl halides is 3. The summed E-state index contributed by atoms with van der Waals surface area (Å²) in [6.45, 7) is 4.99. The summed E-state index contributed by atoms with van der Waals surface area (Å²) in [7, 11) is 0. The molecule has 102 valence electrons. The van der Waals surface area contributed by atoms with Gasteiger partial charge in [-0.3, -0.25) is 0 Å². The second-order valence-corrected chi connectivity index (χ2v) is 4.60. The molecule has 0 radical (unpaired) electrons. The molecule has 0 spiro atoms. The van der Waals surface area contributed by atoms with Gasteiger partial charge < -0.3 is 9.84 Å². The molecular weight excluding hydrogens is 269 g/mol. The van der Waals surface area contributed by atoms with E-state index in [9.17, 15) is 18.3 Å². The Bertz CT molecular complexity index is 430. The molecule has 0 saturated heterocycles. The van der Waals surface area contributed by atoms with E-state index < -0.39 is 12.3 Å². The monoisotopic (exact) mass is 282 g/mol. The molecule has 0 aliphatic carbocycles. The molecule has 0 amide bonds. The van der Waals surface area contributed by atoms with Crippen LogP contribution in [0.5, 0.6) is 5.75 Å². The van der Waals surface area contributed by atoms with Crippen molar-refractivity contribution in [3.05, 3.63) is 28.3 Å². The van der Waals surface area contributed by atoms with Crippen molar-refractivity contribution in [3.63, 3.8) is 0 Å². The van der Waals surface area contributed by atoms with Gasteiger partial charge in [-0.05, 0) is 26.3 Å². The Morgan fingerprint density at radius 3 is 2.28 bits per heavy atom. The summed E-state index contributed by atoms with van der Waals surface area (Å²) in [4.78, 5) is 0. The number of rotatable bonds is 3. The van der Waals surface area contributed by atoms with Gasteiger partial charge in [-0.15, -0.1) is 0 Å². The van der Waals surface area contributed by atoms with Crippen LogP contribution in [-0.2, 0) is 0 Å². The Morgan fingerprint density at radius 2 is 1.83 bits per heavy atom. The lowest BCUT2D eigenvalue weighted by atomic mass is 10.1. The van der Waals surface area contributed by atoms with Gasteiger partial charge in [0.15, 0.2) is 6.10 Å². The Hall–Kier alpha value is -0.940. The Morgan fingerprint density at radius 1 is 1.28 bits per heavy atom. The van der Waals surface area contributed by atoms with E-state index >= 15 is 0 Å². The van der Waals surface area contributed by atoms with Crippen LogP contribution in [-0.4, -0.2) is 17.4 Å². The second kappa shape index (κ2) is 5.36. The molecule has 0 aromatic heterocycles. The molecule has 0 aliphatic rings. The predicted molar refractivity (Wildman–Crippen MR) is 63.0 cm³/mol. The number of aliphatic hydroxyl groups excluding tert-OH is 1. The quantitative estimate of drug-likeness (QED) is 0.907. The fraction of sp³-hybridized carbons (Fsp3) is 0.500. The molecule has 2 nitrogen and oxygen atoms in total. The number of halogens is 4. The number of hydrogen-bond donors (Lipinski definition) is 1. The molecular formula is C12H14ClF3O2. The first kappa shape index (κ1) is 15.1. The molecule has 6 heteroatoms. The van der Waals surface area contributed by atoms with Crippen molar-refractivity contribution in [2.24, 2.45) is 0 Å². The van der Waals surface area contributed by atoms with Crippen LogP contribution in [0.15, 0.2) is 12.1 Å². The zero-order chi connectivity index (χ0) is 14.1. The van der Waals surface area contributed by atoms with Crippen molar-refractivity contribution >= 4 is 11.6 Å². The largest absolute Gasteiger partial charge is 0.489 e. The lowest BCUT2D eigenvalue weighted by molar-refractivity contribution is -0.207. The molecule has 1 aromatic carbocycles. The molecule has 0 bridgehead atoms. The van der Waals surface area contributed by atoms with Gasteiger partial charge in [-0.1, -0.05) is 23.7 Å². The first-order chi connectivity index (χ1) is 8.14. The van der Waals surface area contributed by atoms with E-state index in [1.54, 1.807) is 20.8 Å². The summed E-state index contributed by atoms with van der Waals surface area (Å²) >= 11 is 5.93. The average molecular weight is 283 g/mol. The van der Waals surface area contributed by atoms with E-state index in [0.29, 0.717) is 5.56 Å². The summed E-state index contributed by atoms with van der Waals surface area (Å²) < 4.78 is 42.9. The summed E-state index contributed by atoms with van der Waals surface area (Å²) in [5.74, 6) is -0.114. The highest BCUT2D eigenvalue weighted by Crippen LogP contribution is 2.41. The van der Waals surface area contributed by atoms with Gasteiger partial charge >= 0.3 is 6.18 Å². The highest BCUT2D eigenvalue weighted by atomic mass is 35.5. The molecule has 1 N–H and O–H groups in total. The van der Waals surface area contributed by atoms with Gasteiger partial charge in [0.25, 0.3) is 0 Å². The average Bonchev–Trinajstić information content (AvgIpc) is 2.22. The molecule has 18 heavy (non-hydrogen) atoms. The van der Waals surface area contributed by atoms with Crippen LogP contribution in [0.4, 0.5) is 13.2 Å². The van der Waals surface area contributed by atoms with Gasteiger partial charge in [-0.2, -0.15) is 13.2 Å². The summed E-state index contributed by atoms with van der Waals surface area (Å²) in [6, 6.07) is 2.59. The predicted octanol–water partition coefficient (Wildman–Crippen LogP) is 4.03. The first-order valence-electron chi connectivity index (χ1n) is 5.35. The highest BCUT2D eigenvalue weighted by molar-refractivity contribution is 6.33. The summed E-state index contributed by atoms with van der Waals surface area (Å²) in [5.41, 5.74) is 0.220. The molecule has 1 rings (SSSR count). The summed E-state index contributed by atoms with van der Waals surface area (Å²) in [5, 5.41) is 9.39. The Balaban J connectivity index is 3.31. The van der Waals surface area contributed by atoms with Crippen LogP contribution in [0.1, 0.15) is 31.1 Å². The van der Waals surface area contributed by atoms with E-state index in [0.717, 1.165) is 0 Å². The standard InChI is InChI=1S/C12H14ClF3O2/c1-6(2)18-10-8(11(17)12(14,15)16)5-4-7(3)9(10)13/h4-6,11,17H,1-3H3. The van der Waals surface area contributed by atoms with Crippen LogP contribution in [0.2, 0.25) is 5.02 Å². The zero-order valence-electron chi connectivity index (χ0n) is 10.2. The van der Waals surface area contributed by atoms with Crippen LogP contribution < -0.4 is 4.74 Å². The van der Waals surface area contributed by atoms with Crippen LogP contribution in [0.3, 0.4) is 0 Å². The minimum atomic E-state index is -4.76. The van der Waals surface area contributed by atoms with Gasteiger partial charge in [0.05, 0.1) is 11.1 Å². The minimum Gasteiger partial charge on any atom is -0.489 e. The van der Waals surface area contributed by atoms with E-state index in [4.69, 9.17) is 16.3 Å². The number of benzene rings is 1. The van der Waals surface area contributed by atoms with Gasteiger partial charge in [0.2, 0.25) is 0 Å². The lowest BCUT2D eigenvalue weighted by Gasteiger charge is -2.21. The number of aryl methyl sites for hydroxylation is 1. The van der Waals surface area contributed by atoms with Gasteiger partial charge in [-0.25, -0.2) is 0 Å². The fourth-order valence-corrected chi connectivity index (χ4v) is 1.63. The van der Waals surface area contributed by atoms with Crippen molar-refractivity contribution in [3.8, 4) is 5.75 Å². The molecule has 0 saturated carbocycles. The maximum atomic E-state index is 12.5. The normalized spacial score (nSPS) is 13.8. The van der Waals surface area contributed by atoms with Crippen LogP contribution in [0.25, 0.3) is 0 Å². The highest BCUT2D eigenvalue weighted by Gasteiger charge is 2.41. The van der Waals surface area contributed by atoms with E-state index in [2.05, 4.69) is 0 Å². The molecule has 0 aliphatic heterocycles. The fourth-order valence-electron chi connectivity index (χ4n) is 1.42. The maximum absolute atomic E-state index is 12.5. The molecule has 1 aromatic rings. The van der Waals surface area contributed by atoms with Gasteiger partial charge in [0.1, 0.15) is 5.75 Å². The first-order valence-corrected chi connectivity index (χ1v) is 5.72. The van der Waals surface area contributed by atoms with E-state index in [1.807, 2.05) is 0 Å². The maximum Gasteiger partial charge on any atom is 0.418 e. The second-order valence-electron chi connectivity index (χ2n) is 4.23. The smallest absolute Gasteiger partial charge is 0.418 e. The Kier molecular flexibility index (Phi) is 4.50. The van der Waals surface area contributed by atoms with Crippen molar-refractivity contribution < 1.29 is 23.0 Å². The van der Waals surface area contributed by atoms with Crippen molar-refractivity contribution in [2.75, 3.05) is 0 Å². The summed E-state index contributed by atoms with van der Waals surface area (Å²) in [6.07, 6.45) is -7.71. The number of aliphatic hydroxyl groups is 1. The lowest BCUT2D eigenvalue weighted by Crippen LogP contribution is -2.22. The van der Waals surface area contributed by atoms with Crippen LogP contribution >= 0.6 is 11.6 Å². The molecule has 1 atom stereocenters. The van der Waals surface area contributed by atoms with E-state index in [1.165, 1.54) is 12.1 Å². The molecule has 0 heterocycles. The van der Waals surface area contributed by atoms with Crippen molar-refractivity contribution in [1.29, 1.82) is 0 Å². The molecule has 0 fully saturated rings. The van der Waals surface area contributed by atoms with Crippen molar-refractivity contribution in [2.45, 2.75) is 39.2 Å². The number of ether oxygens (including phenoxy) is 1. The van der Waals surface area contributed by atoms with Gasteiger partial charge in [0, 0.05) is 5.56 Å². The van der Waals surface area contributed by atoms with Crippen LogP contribution in [0, 0.1) is 6.92 Å². The number of hydrogen-bond acceptors (Lipinski definition) is 2.